The van der Waals surface area contributed by atoms with Gasteiger partial charge in [0.25, 0.3) is 0 Å². The summed E-state index contributed by atoms with van der Waals surface area (Å²) in [7, 11) is 1.43. The summed E-state index contributed by atoms with van der Waals surface area (Å²) < 4.78 is 43.6. The number of aliphatic hydroxyl groups is 8. The Morgan fingerprint density at radius 3 is 2.30 bits per heavy atom. The third kappa shape index (κ3) is 12.7. The summed E-state index contributed by atoms with van der Waals surface area (Å²) in [5.41, 5.74) is -3.97. The molecule has 0 aromatic heterocycles. The molecule has 5 aliphatic rings. The van der Waals surface area contributed by atoms with E-state index in [0.29, 0.717) is 45.1 Å². The van der Waals surface area contributed by atoms with Crippen LogP contribution in [-0.4, -0.2) is 157 Å². The summed E-state index contributed by atoms with van der Waals surface area (Å²) in [5, 5.41) is 92.3. The predicted molar refractivity (Wildman–Crippen MR) is 229 cm³/mol. The SMILES string of the molecule is CC[C@@H](O)C[C@H]1O[C@]2(CC[C@@H]1C)CC1OC(=O)/C=C/[C@@](C)(O)[C@@H](O)[C@@H](C)[C@@H](O)[C@H](O[C@H]3C[C@H](OC)[C@H](O)[C@@H](C)O3)[C@@H](O)[C@](C)(O)CCC/C=C/C3C[C@H](C)CO[C@@]3(O)CC(O2)[C@@H]1C. The third-order valence-corrected chi connectivity index (χ3v) is 14.8. The first-order chi connectivity index (χ1) is 29.4. The number of fused-ring (bicyclic) bond motifs is 3. The number of hydrogen-bond acceptors (Lipinski definition) is 16. The molecule has 5 aliphatic heterocycles. The van der Waals surface area contributed by atoms with E-state index in [0.717, 1.165) is 18.6 Å². The van der Waals surface area contributed by atoms with Crippen LogP contribution in [0.15, 0.2) is 24.3 Å². The number of allylic oxidation sites excluding steroid dienone is 1. The molecule has 16 heteroatoms. The van der Waals surface area contributed by atoms with Crippen molar-refractivity contribution in [1.82, 2.24) is 0 Å². The van der Waals surface area contributed by atoms with E-state index in [1.807, 2.05) is 32.9 Å². The molecular formula is C47H80O16. The molecule has 0 aromatic carbocycles. The quantitative estimate of drug-likeness (QED) is 0.141. The van der Waals surface area contributed by atoms with Crippen molar-refractivity contribution in [3.05, 3.63) is 24.3 Å². The molecule has 1 spiro atoms. The van der Waals surface area contributed by atoms with Crippen molar-refractivity contribution in [2.75, 3.05) is 13.7 Å². The van der Waals surface area contributed by atoms with Gasteiger partial charge in [-0.1, -0.05) is 46.8 Å². The minimum absolute atomic E-state index is 0.0294. The maximum Gasteiger partial charge on any atom is 0.330 e. The third-order valence-electron chi connectivity index (χ3n) is 14.8. The summed E-state index contributed by atoms with van der Waals surface area (Å²) in [4.78, 5) is 13.7. The number of ether oxygens (including phenoxy) is 7. The Hall–Kier alpha value is -1.61. The predicted octanol–water partition coefficient (Wildman–Crippen LogP) is 3.16. The van der Waals surface area contributed by atoms with Gasteiger partial charge in [0.2, 0.25) is 0 Å². The van der Waals surface area contributed by atoms with Gasteiger partial charge in [-0.05, 0) is 83.6 Å². The highest BCUT2D eigenvalue weighted by Crippen LogP contribution is 2.48. The monoisotopic (exact) mass is 901 g/mol. The number of hydrogen-bond donors (Lipinski definition) is 8. The van der Waals surface area contributed by atoms with Gasteiger partial charge in [0, 0.05) is 56.6 Å². The van der Waals surface area contributed by atoms with Crippen molar-refractivity contribution in [2.24, 2.45) is 29.6 Å². The van der Waals surface area contributed by atoms with Gasteiger partial charge in [-0.2, -0.15) is 0 Å². The van der Waals surface area contributed by atoms with E-state index in [4.69, 9.17) is 33.2 Å². The molecule has 0 aromatic rings. The molecule has 63 heavy (non-hydrogen) atoms. The van der Waals surface area contributed by atoms with E-state index >= 15 is 0 Å². The average Bonchev–Trinajstić information content (AvgIpc) is 3.23. The molecule has 5 heterocycles. The Labute approximate surface area is 373 Å². The van der Waals surface area contributed by atoms with Gasteiger partial charge < -0.3 is 74.0 Å². The zero-order valence-corrected chi connectivity index (χ0v) is 39.0. The highest BCUT2D eigenvalue weighted by Gasteiger charge is 2.55. The lowest BCUT2D eigenvalue weighted by Gasteiger charge is -2.53. The van der Waals surface area contributed by atoms with Crippen LogP contribution in [0, 0.1) is 29.6 Å². The van der Waals surface area contributed by atoms with Gasteiger partial charge in [-0.15, -0.1) is 0 Å². The number of carbonyl (C=O) groups is 1. The summed E-state index contributed by atoms with van der Waals surface area (Å²) in [6.07, 6.45) is -2.72. The molecular weight excluding hydrogens is 821 g/mol. The zero-order valence-electron chi connectivity index (χ0n) is 39.0. The molecule has 0 amide bonds. The molecule has 3 unspecified atom stereocenters. The fourth-order valence-electron chi connectivity index (χ4n) is 10.1. The van der Waals surface area contributed by atoms with Crippen LogP contribution in [0.25, 0.3) is 0 Å². The first kappa shape index (κ1) is 52.4. The van der Waals surface area contributed by atoms with Crippen molar-refractivity contribution < 1.29 is 78.8 Å². The largest absolute Gasteiger partial charge is 0.459 e. The molecule has 16 nitrogen and oxygen atoms in total. The minimum atomic E-state index is -2.13. The molecule has 4 fully saturated rings. The van der Waals surface area contributed by atoms with E-state index in [1.165, 1.54) is 27.9 Å². The van der Waals surface area contributed by atoms with Crippen molar-refractivity contribution in [2.45, 2.75) is 222 Å². The van der Waals surface area contributed by atoms with Gasteiger partial charge >= 0.3 is 5.97 Å². The molecule has 364 valence electrons. The van der Waals surface area contributed by atoms with Crippen molar-refractivity contribution >= 4 is 5.97 Å². The molecule has 0 aliphatic carbocycles. The maximum absolute atomic E-state index is 13.7. The van der Waals surface area contributed by atoms with Crippen LogP contribution >= 0.6 is 0 Å². The fourth-order valence-corrected chi connectivity index (χ4v) is 10.1. The van der Waals surface area contributed by atoms with E-state index in [2.05, 4.69) is 6.92 Å². The van der Waals surface area contributed by atoms with E-state index in [-0.39, 0.29) is 43.6 Å². The Morgan fingerprint density at radius 1 is 0.905 bits per heavy atom. The first-order valence-corrected chi connectivity index (χ1v) is 23.4. The maximum atomic E-state index is 13.7. The number of methoxy groups -OCH3 is 1. The van der Waals surface area contributed by atoms with Crippen LogP contribution in [0.1, 0.15) is 126 Å². The van der Waals surface area contributed by atoms with Gasteiger partial charge in [-0.25, -0.2) is 4.79 Å². The molecule has 0 saturated carbocycles. The number of carbonyl (C=O) groups excluding carboxylic acids is 1. The Kier molecular flexibility index (Phi) is 17.9. The number of esters is 1. The molecule has 0 radical (unpaired) electrons. The van der Waals surface area contributed by atoms with Gasteiger partial charge in [0.15, 0.2) is 17.9 Å². The highest BCUT2D eigenvalue weighted by atomic mass is 16.7. The number of rotatable bonds is 6. The molecule has 2 bridgehead atoms. The van der Waals surface area contributed by atoms with Crippen LogP contribution < -0.4 is 0 Å². The van der Waals surface area contributed by atoms with Crippen LogP contribution in [0.5, 0.6) is 0 Å². The Morgan fingerprint density at radius 2 is 1.62 bits per heavy atom. The lowest BCUT2D eigenvalue weighted by Crippen LogP contribution is -2.59. The summed E-state index contributed by atoms with van der Waals surface area (Å²) in [6, 6.07) is 0. The Bertz CT molecular complexity index is 1520. The fraction of sp³-hybridized carbons (Fsp3) is 0.894. The summed E-state index contributed by atoms with van der Waals surface area (Å²) >= 11 is 0. The van der Waals surface area contributed by atoms with Crippen LogP contribution in [0.3, 0.4) is 0 Å². The lowest BCUT2D eigenvalue weighted by atomic mass is 9.77. The van der Waals surface area contributed by atoms with E-state index < -0.39 is 114 Å². The van der Waals surface area contributed by atoms with E-state index in [9.17, 15) is 45.6 Å². The van der Waals surface area contributed by atoms with Crippen LogP contribution in [0.4, 0.5) is 0 Å². The second-order valence-electron chi connectivity index (χ2n) is 20.2. The number of aliphatic hydroxyl groups excluding tert-OH is 5. The molecule has 5 rings (SSSR count). The smallest absolute Gasteiger partial charge is 0.330 e. The van der Waals surface area contributed by atoms with Crippen molar-refractivity contribution in [1.29, 1.82) is 0 Å². The average molecular weight is 901 g/mol. The van der Waals surface area contributed by atoms with Gasteiger partial charge in [0.05, 0.1) is 54.9 Å². The zero-order chi connectivity index (χ0) is 46.7. The second kappa shape index (κ2) is 21.6. The highest BCUT2D eigenvalue weighted by molar-refractivity contribution is 5.82. The van der Waals surface area contributed by atoms with Crippen LogP contribution in [0.2, 0.25) is 0 Å². The summed E-state index contributed by atoms with van der Waals surface area (Å²) in [5.74, 6) is -5.51. The van der Waals surface area contributed by atoms with Crippen LogP contribution in [-0.2, 0) is 38.0 Å². The summed E-state index contributed by atoms with van der Waals surface area (Å²) in [6.45, 7) is 14.0. The van der Waals surface area contributed by atoms with Crippen molar-refractivity contribution in [3.8, 4) is 0 Å². The molecule has 21 atom stereocenters. The van der Waals surface area contributed by atoms with Gasteiger partial charge in [0.1, 0.15) is 30.0 Å². The van der Waals surface area contributed by atoms with E-state index in [1.54, 1.807) is 6.92 Å². The lowest BCUT2D eigenvalue weighted by molar-refractivity contribution is -0.362. The molecule has 4 saturated heterocycles. The normalized spacial score (nSPS) is 50.3. The topological polar surface area (TPSA) is 244 Å². The van der Waals surface area contributed by atoms with Gasteiger partial charge in [-0.3, -0.25) is 0 Å². The van der Waals surface area contributed by atoms with Crippen molar-refractivity contribution in [3.63, 3.8) is 0 Å². The minimum Gasteiger partial charge on any atom is -0.459 e. The standard InChI is InChI=1S/C47H80O16/c1-10-32(48)21-33-27(3)15-19-46(62-33)23-35-28(4)36(63-46)24-47(56)31(20-26(2)25-58-47)14-12-11-13-17-44(7,54)43(53)41(61-38-22-34(57-9)40(51)30(6)59-38)39(50)29(5)42(52)45(8,55)18-16-37(49)60-35/h12,14,16,18,26-36,38-43,48,50-56H,10-11,13,15,17,19-25H2,1-9H3/b14-12+,18-16+/t26-,27-,28+,29-,30+,31?,32+,33+,34-,35?,36?,38-,39+,40+,41-,42-,43+,44+,45+,46-,47-/m0/s1. The first-order valence-electron chi connectivity index (χ1n) is 23.4. The second-order valence-corrected chi connectivity index (χ2v) is 20.2. The Balaban J connectivity index is 1.49. The molecule has 8 N–H and O–H groups in total.